The van der Waals surface area contributed by atoms with Crippen molar-refractivity contribution in [3.05, 3.63) is 61.8 Å². The molecule has 0 aliphatic rings. The molecular weight excluding hydrogens is 454 g/mol. The van der Waals surface area contributed by atoms with Crippen LogP contribution < -0.4 is 5.32 Å². The van der Waals surface area contributed by atoms with E-state index in [4.69, 9.17) is 9.15 Å². The first kappa shape index (κ1) is 19.7. The Morgan fingerprint density at radius 3 is 2.82 bits per heavy atom. The van der Waals surface area contributed by atoms with Gasteiger partial charge in [0.1, 0.15) is 0 Å². The number of carbonyl (C=O) groups excluding carboxylic acids is 2. The van der Waals surface area contributed by atoms with Crippen LogP contribution in [0.4, 0.5) is 11.4 Å². The third kappa shape index (κ3) is 4.43. The molecule has 0 bridgehead atoms. The van der Waals surface area contributed by atoms with Crippen molar-refractivity contribution < 1.29 is 23.7 Å². The van der Waals surface area contributed by atoms with Crippen LogP contribution in [0.1, 0.15) is 15.4 Å². The lowest BCUT2D eigenvalue weighted by Gasteiger charge is -2.07. The number of carbonyl (C=O) groups is 2. The number of non-ortho nitro benzene ring substituents is 1. The molecule has 1 N–H and O–H groups in total. The maximum Gasteiger partial charge on any atom is 0.358 e. The van der Waals surface area contributed by atoms with E-state index in [1.807, 2.05) is 0 Å². The van der Waals surface area contributed by atoms with Gasteiger partial charge in [0.05, 0.1) is 16.9 Å². The molecule has 2 heterocycles. The Bertz CT molecular complexity index is 1050. The van der Waals surface area contributed by atoms with Crippen LogP contribution in [0.3, 0.4) is 0 Å². The number of benzene rings is 1. The van der Waals surface area contributed by atoms with Crippen molar-refractivity contribution in [3.63, 3.8) is 0 Å². The SMILES string of the molecule is Cc1sc(-c2ccco2)nc1C(=O)OCC(=O)Nc1ccc([N+](=O)[O-])cc1Br. The molecule has 1 amide bonds. The number of ether oxygens (including phenoxy) is 1. The Labute approximate surface area is 170 Å². The number of halogens is 1. The molecule has 0 aliphatic carbocycles. The van der Waals surface area contributed by atoms with Crippen LogP contribution in [0.15, 0.2) is 45.5 Å². The predicted molar refractivity (Wildman–Crippen MR) is 104 cm³/mol. The maximum atomic E-state index is 12.2. The number of furan rings is 1. The molecule has 0 aliphatic heterocycles. The molecule has 11 heteroatoms. The minimum Gasteiger partial charge on any atom is -0.462 e. The van der Waals surface area contributed by atoms with Gasteiger partial charge in [-0.05, 0) is 41.1 Å². The molecule has 0 saturated carbocycles. The fourth-order valence-electron chi connectivity index (χ4n) is 2.20. The van der Waals surface area contributed by atoms with Crippen molar-refractivity contribution in [1.29, 1.82) is 0 Å². The van der Waals surface area contributed by atoms with E-state index in [0.717, 1.165) is 0 Å². The number of hydrogen-bond acceptors (Lipinski definition) is 8. The molecule has 0 saturated heterocycles. The van der Waals surface area contributed by atoms with Crippen LogP contribution in [0, 0.1) is 17.0 Å². The van der Waals surface area contributed by atoms with Crippen LogP contribution in [-0.2, 0) is 9.53 Å². The van der Waals surface area contributed by atoms with Crippen LogP contribution in [0.2, 0.25) is 0 Å². The maximum absolute atomic E-state index is 12.2. The van der Waals surface area contributed by atoms with Gasteiger partial charge in [0, 0.05) is 21.5 Å². The third-order valence-electron chi connectivity index (χ3n) is 3.49. The zero-order chi connectivity index (χ0) is 20.3. The highest BCUT2D eigenvalue weighted by Crippen LogP contribution is 2.29. The van der Waals surface area contributed by atoms with Crippen molar-refractivity contribution >= 4 is 50.5 Å². The lowest BCUT2D eigenvalue weighted by molar-refractivity contribution is -0.384. The average Bonchev–Trinajstić information content (AvgIpc) is 3.30. The highest BCUT2D eigenvalue weighted by atomic mass is 79.9. The Kier molecular flexibility index (Phi) is 5.85. The molecule has 28 heavy (non-hydrogen) atoms. The number of rotatable bonds is 6. The van der Waals surface area contributed by atoms with E-state index >= 15 is 0 Å². The summed E-state index contributed by atoms with van der Waals surface area (Å²) in [4.78, 5) is 39.3. The van der Waals surface area contributed by atoms with Gasteiger partial charge in [0.2, 0.25) is 0 Å². The minimum absolute atomic E-state index is 0.112. The standard InChI is InChI=1S/C17H12BrN3O6S/c1-9-15(20-16(28-9)13-3-2-6-26-13)17(23)27-8-14(22)19-12-5-4-10(21(24)25)7-11(12)18/h2-7H,8H2,1H3,(H,19,22). The topological polar surface area (TPSA) is 125 Å². The van der Waals surface area contributed by atoms with Crippen LogP contribution >= 0.6 is 27.3 Å². The molecule has 0 fully saturated rings. The average molecular weight is 466 g/mol. The Morgan fingerprint density at radius 1 is 1.39 bits per heavy atom. The summed E-state index contributed by atoms with van der Waals surface area (Å²) in [5, 5.41) is 13.8. The summed E-state index contributed by atoms with van der Waals surface area (Å²) in [5.41, 5.74) is 0.306. The number of esters is 1. The minimum atomic E-state index is -0.732. The van der Waals surface area contributed by atoms with Gasteiger partial charge >= 0.3 is 5.97 Å². The molecular formula is C17H12BrN3O6S. The quantitative estimate of drug-likeness (QED) is 0.328. The fraction of sp³-hybridized carbons (Fsp3) is 0.118. The second-order valence-corrected chi connectivity index (χ2v) is 7.50. The van der Waals surface area contributed by atoms with E-state index in [-0.39, 0.29) is 11.4 Å². The molecule has 0 unspecified atom stereocenters. The molecule has 3 rings (SSSR count). The summed E-state index contributed by atoms with van der Waals surface area (Å²) < 4.78 is 10.6. The summed E-state index contributed by atoms with van der Waals surface area (Å²) in [6.07, 6.45) is 1.50. The second kappa shape index (κ2) is 8.31. The van der Waals surface area contributed by atoms with Gasteiger partial charge < -0.3 is 14.5 Å². The molecule has 2 aromatic heterocycles. The fourth-order valence-corrected chi connectivity index (χ4v) is 3.53. The molecule has 0 radical (unpaired) electrons. The van der Waals surface area contributed by atoms with Crippen molar-refractivity contribution in [1.82, 2.24) is 4.98 Å². The molecule has 0 spiro atoms. The third-order valence-corrected chi connectivity index (χ3v) is 5.14. The first-order valence-corrected chi connectivity index (χ1v) is 9.38. The molecule has 0 atom stereocenters. The van der Waals surface area contributed by atoms with Crippen molar-refractivity contribution in [3.8, 4) is 10.8 Å². The molecule has 9 nitrogen and oxygen atoms in total. The van der Waals surface area contributed by atoms with E-state index in [1.54, 1.807) is 19.1 Å². The van der Waals surface area contributed by atoms with Gasteiger partial charge in [-0.1, -0.05) is 0 Å². The number of amides is 1. The first-order chi connectivity index (χ1) is 13.3. The normalized spacial score (nSPS) is 10.5. The number of aromatic nitrogens is 1. The van der Waals surface area contributed by atoms with Gasteiger partial charge in [0.25, 0.3) is 11.6 Å². The first-order valence-electron chi connectivity index (χ1n) is 7.77. The summed E-state index contributed by atoms with van der Waals surface area (Å²) >= 11 is 4.42. The number of nitrogens with zero attached hydrogens (tertiary/aromatic N) is 2. The Balaban J connectivity index is 1.60. The van der Waals surface area contributed by atoms with Gasteiger partial charge in [-0.25, -0.2) is 9.78 Å². The highest BCUT2D eigenvalue weighted by Gasteiger charge is 2.20. The molecule has 1 aromatic carbocycles. The lowest BCUT2D eigenvalue weighted by atomic mass is 10.3. The molecule has 144 valence electrons. The number of thiazole rings is 1. The number of aryl methyl sites for hydroxylation is 1. The summed E-state index contributed by atoms with van der Waals surface area (Å²) in [6.45, 7) is 1.18. The number of nitrogens with one attached hydrogen (secondary N) is 1. The highest BCUT2D eigenvalue weighted by molar-refractivity contribution is 9.10. The van der Waals surface area contributed by atoms with Crippen LogP contribution in [0.5, 0.6) is 0 Å². The van der Waals surface area contributed by atoms with Gasteiger partial charge in [0.15, 0.2) is 23.1 Å². The van der Waals surface area contributed by atoms with Crippen molar-refractivity contribution in [2.45, 2.75) is 6.92 Å². The summed E-state index contributed by atoms with van der Waals surface area (Å²) in [6, 6.07) is 7.33. The largest absolute Gasteiger partial charge is 0.462 e. The molecule has 3 aromatic rings. The second-order valence-electron chi connectivity index (χ2n) is 5.45. The van der Waals surface area contributed by atoms with Crippen LogP contribution in [0.25, 0.3) is 10.8 Å². The predicted octanol–water partition coefficient (Wildman–Crippen LogP) is 4.18. The van der Waals surface area contributed by atoms with Gasteiger partial charge in [-0.3, -0.25) is 14.9 Å². The van der Waals surface area contributed by atoms with Gasteiger partial charge in [-0.15, -0.1) is 11.3 Å². The van der Waals surface area contributed by atoms with Crippen molar-refractivity contribution in [2.75, 3.05) is 11.9 Å². The van der Waals surface area contributed by atoms with E-state index < -0.39 is 23.4 Å². The van der Waals surface area contributed by atoms with E-state index in [2.05, 4.69) is 26.2 Å². The van der Waals surface area contributed by atoms with Crippen LogP contribution in [-0.4, -0.2) is 28.4 Å². The summed E-state index contributed by atoms with van der Waals surface area (Å²) in [7, 11) is 0. The van der Waals surface area contributed by atoms with E-state index in [0.29, 0.717) is 25.8 Å². The summed E-state index contributed by atoms with van der Waals surface area (Å²) in [5.74, 6) is -0.792. The number of nitro groups is 1. The smallest absolute Gasteiger partial charge is 0.358 e. The van der Waals surface area contributed by atoms with Gasteiger partial charge in [-0.2, -0.15) is 0 Å². The Morgan fingerprint density at radius 2 is 2.18 bits per heavy atom. The van der Waals surface area contributed by atoms with E-state index in [1.165, 1.54) is 35.8 Å². The zero-order valence-electron chi connectivity index (χ0n) is 14.3. The van der Waals surface area contributed by atoms with E-state index in [9.17, 15) is 19.7 Å². The van der Waals surface area contributed by atoms with Crippen molar-refractivity contribution in [2.24, 2.45) is 0 Å². The monoisotopic (exact) mass is 465 g/mol. The number of anilines is 1. The number of nitro benzene ring substituents is 1. The Hall–Kier alpha value is -3.05. The number of hydrogen-bond donors (Lipinski definition) is 1. The zero-order valence-corrected chi connectivity index (χ0v) is 16.7. The lowest BCUT2D eigenvalue weighted by Crippen LogP contribution is -2.21.